The van der Waals surface area contributed by atoms with Gasteiger partial charge in [0.1, 0.15) is 5.82 Å². The van der Waals surface area contributed by atoms with Crippen molar-refractivity contribution in [3.63, 3.8) is 0 Å². The highest BCUT2D eigenvalue weighted by atomic mass is 16.3. The van der Waals surface area contributed by atoms with E-state index in [2.05, 4.69) is 20.9 Å². The summed E-state index contributed by atoms with van der Waals surface area (Å²) in [5.41, 5.74) is -0.00912. The van der Waals surface area contributed by atoms with Gasteiger partial charge in [0.15, 0.2) is 0 Å². The summed E-state index contributed by atoms with van der Waals surface area (Å²) < 4.78 is 0. The van der Waals surface area contributed by atoms with Gasteiger partial charge in [-0.1, -0.05) is 0 Å². The summed E-state index contributed by atoms with van der Waals surface area (Å²) in [5.74, 6) is 0.863. The molecule has 1 fully saturated rings. The normalized spacial score (nSPS) is 17.3. The average Bonchev–Trinajstić information content (AvgIpc) is 2.38. The maximum Gasteiger partial charge on any atom is 0.129 e. The van der Waals surface area contributed by atoms with E-state index in [-0.39, 0.29) is 0 Å². The third kappa shape index (κ3) is 3.91. The zero-order valence-electron chi connectivity index (χ0n) is 11.5. The number of aromatic nitrogens is 1. The number of pyridine rings is 1. The molecule has 1 N–H and O–H groups in total. The molecule has 2 heterocycles. The van der Waals surface area contributed by atoms with E-state index in [0.29, 0.717) is 12.1 Å². The molecule has 0 aliphatic carbocycles. The predicted molar refractivity (Wildman–Crippen MR) is 73.9 cm³/mol. The lowest BCUT2D eigenvalue weighted by atomic mass is 10.1. The average molecular weight is 260 g/mol. The lowest BCUT2D eigenvalue weighted by Gasteiger charge is -2.37. The van der Waals surface area contributed by atoms with E-state index in [1.807, 2.05) is 19.9 Å². The standard InChI is InChI=1S/C14H20N4O/c1-14(2,19)11-17-5-7-18(8-6-17)13-9-12(10-15)3-4-16-13/h3-4,9,19H,5-8,11H2,1-2H3. The Bertz CT molecular complexity index is 467. The van der Waals surface area contributed by atoms with Crippen LogP contribution in [0.1, 0.15) is 19.4 Å². The minimum atomic E-state index is -0.652. The topological polar surface area (TPSA) is 63.4 Å². The van der Waals surface area contributed by atoms with Gasteiger partial charge in [-0.05, 0) is 26.0 Å². The van der Waals surface area contributed by atoms with Crippen LogP contribution in [0.2, 0.25) is 0 Å². The van der Waals surface area contributed by atoms with Gasteiger partial charge in [0.05, 0.1) is 17.2 Å². The first kappa shape index (κ1) is 13.8. The van der Waals surface area contributed by atoms with Gasteiger partial charge >= 0.3 is 0 Å². The van der Waals surface area contributed by atoms with E-state index in [1.165, 1.54) is 0 Å². The van der Waals surface area contributed by atoms with Crippen molar-refractivity contribution in [1.29, 1.82) is 5.26 Å². The van der Waals surface area contributed by atoms with Gasteiger partial charge in [-0.3, -0.25) is 4.90 Å². The van der Waals surface area contributed by atoms with Crippen molar-refractivity contribution < 1.29 is 5.11 Å². The highest BCUT2D eigenvalue weighted by molar-refractivity contribution is 5.45. The Labute approximate surface area is 114 Å². The number of rotatable bonds is 3. The zero-order valence-corrected chi connectivity index (χ0v) is 11.5. The largest absolute Gasteiger partial charge is 0.389 e. The molecule has 1 aliphatic rings. The Morgan fingerprint density at radius 2 is 2.05 bits per heavy atom. The molecule has 0 bridgehead atoms. The lowest BCUT2D eigenvalue weighted by molar-refractivity contribution is 0.0344. The number of β-amino-alcohol motifs (C(OH)–C–C–N with tert-alkyl or cyclic N) is 1. The monoisotopic (exact) mass is 260 g/mol. The van der Waals surface area contributed by atoms with Crippen molar-refractivity contribution in [2.24, 2.45) is 0 Å². The summed E-state index contributed by atoms with van der Waals surface area (Å²) in [6, 6.07) is 5.68. The third-order valence-corrected chi connectivity index (χ3v) is 3.18. The molecule has 1 saturated heterocycles. The highest BCUT2D eigenvalue weighted by Gasteiger charge is 2.23. The molecule has 2 rings (SSSR count). The van der Waals surface area contributed by atoms with Crippen LogP contribution in [0, 0.1) is 11.3 Å². The molecule has 1 aromatic rings. The minimum Gasteiger partial charge on any atom is -0.389 e. The second kappa shape index (κ2) is 5.55. The van der Waals surface area contributed by atoms with Crippen molar-refractivity contribution in [3.8, 4) is 6.07 Å². The van der Waals surface area contributed by atoms with Crippen LogP contribution in [0.25, 0.3) is 0 Å². The molecule has 0 saturated carbocycles. The fraction of sp³-hybridized carbons (Fsp3) is 0.571. The van der Waals surface area contributed by atoms with Crippen molar-refractivity contribution in [2.75, 3.05) is 37.6 Å². The van der Waals surface area contributed by atoms with Crippen LogP contribution >= 0.6 is 0 Å². The second-order valence-corrected chi connectivity index (χ2v) is 5.59. The lowest BCUT2D eigenvalue weighted by Crippen LogP contribution is -2.50. The summed E-state index contributed by atoms with van der Waals surface area (Å²) in [5, 5.41) is 18.7. The molecule has 0 radical (unpaired) electrons. The van der Waals surface area contributed by atoms with Crippen LogP contribution < -0.4 is 4.90 Å². The zero-order chi connectivity index (χ0) is 13.9. The summed E-state index contributed by atoms with van der Waals surface area (Å²) in [4.78, 5) is 8.75. The van der Waals surface area contributed by atoms with Crippen LogP contribution in [-0.4, -0.2) is 53.3 Å². The quantitative estimate of drug-likeness (QED) is 0.872. The Balaban J connectivity index is 1.94. The Morgan fingerprint density at radius 3 is 2.63 bits per heavy atom. The van der Waals surface area contributed by atoms with Gasteiger partial charge < -0.3 is 10.0 Å². The van der Waals surface area contributed by atoms with Gasteiger partial charge in [-0.2, -0.15) is 5.26 Å². The maximum absolute atomic E-state index is 9.82. The van der Waals surface area contributed by atoms with Crippen LogP contribution in [0.5, 0.6) is 0 Å². The molecule has 0 atom stereocenters. The van der Waals surface area contributed by atoms with E-state index in [0.717, 1.165) is 32.0 Å². The third-order valence-electron chi connectivity index (χ3n) is 3.18. The van der Waals surface area contributed by atoms with Crippen molar-refractivity contribution in [3.05, 3.63) is 23.9 Å². The van der Waals surface area contributed by atoms with Gasteiger partial charge in [0, 0.05) is 38.9 Å². The minimum absolute atomic E-state index is 0.643. The Hall–Kier alpha value is -1.64. The number of hydrogen-bond donors (Lipinski definition) is 1. The van der Waals surface area contributed by atoms with E-state index in [9.17, 15) is 5.11 Å². The molecule has 102 valence electrons. The second-order valence-electron chi connectivity index (χ2n) is 5.59. The summed E-state index contributed by atoms with van der Waals surface area (Å²) in [6.45, 7) is 7.90. The number of nitrogens with zero attached hydrogens (tertiary/aromatic N) is 4. The summed E-state index contributed by atoms with van der Waals surface area (Å²) in [6.07, 6.45) is 1.68. The highest BCUT2D eigenvalue weighted by Crippen LogP contribution is 2.16. The van der Waals surface area contributed by atoms with Crippen LogP contribution in [-0.2, 0) is 0 Å². The van der Waals surface area contributed by atoms with E-state index in [4.69, 9.17) is 5.26 Å². The molecule has 1 aliphatic heterocycles. The first-order chi connectivity index (χ1) is 8.98. The molecule has 1 aromatic heterocycles. The molecular weight excluding hydrogens is 240 g/mol. The van der Waals surface area contributed by atoms with Gasteiger partial charge in [-0.25, -0.2) is 4.98 Å². The molecule has 5 heteroatoms. The smallest absolute Gasteiger partial charge is 0.129 e. The van der Waals surface area contributed by atoms with Gasteiger partial charge in [0.25, 0.3) is 0 Å². The van der Waals surface area contributed by atoms with E-state index in [1.54, 1.807) is 12.3 Å². The molecular formula is C14H20N4O. The number of piperazine rings is 1. The number of anilines is 1. The van der Waals surface area contributed by atoms with Crippen LogP contribution in [0.3, 0.4) is 0 Å². The summed E-state index contributed by atoms with van der Waals surface area (Å²) >= 11 is 0. The van der Waals surface area contributed by atoms with Crippen molar-refractivity contribution in [1.82, 2.24) is 9.88 Å². The van der Waals surface area contributed by atoms with Crippen LogP contribution in [0.15, 0.2) is 18.3 Å². The molecule has 19 heavy (non-hydrogen) atoms. The predicted octanol–water partition coefficient (Wildman–Crippen LogP) is 0.846. The number of aliphatic hydroxyl groups is 1. The van der Waals surface area contributed by atoms with Crippen molar-refractivity contribution >= 4 is 5.82 Å². The first-order valence-corrected chi connectivity index (χ1v) is 6.54. The molecule has 5 nitrogen and oxygen atoms in total. The fourth-order valence-electron chi connectivity index (χ4n) is 2.34. The van der Waals surface area contributed by atoms with Crippen molar-refractivity contribution in [2.45, 2.75) is 19.4 Å². The summed E-state index contributed by atoms with van der Waals surface area (Å²) in [7, 11) is 0. The Morgan fingerprint density at radius 1 is 1.37 bits per heavy atom. The first-order valence-electron chi connectivity index (χ1n) is 6.54. The maximum atomic E-state index is 9.82. The van der Waals surface area contributed by atoms with E-state index < -0.39 is 5.60 Å². The fourth-order valence-corrected chi connectivity index (χ4v) is 2.34. The van der Waals surface area contributed by atoms with Gasteiger partial charge in [0.2, 0.25) is 0 Å². The SMILES string of the molecule is CC(C)(O)CN1CCN(c2cc(C#N)ccn2)CC1. The molecule has 0 spiro atoms. The molecule has 0 amide bonds. The van der Waals surface area contributed by atoms with Crippen LogP contribution in [0.4, 0.5) is 5.82 Å². The molecule has 0 unspecified atom stereocenters. The number of nitriles is 1. The molecule has 0 aromatic carbocycles. The number of hydrogen-bond acceptors (Lipinski definition) is 5. The van der Waals surface area contributed by atoms with E-state index >= 15 is 0 Å². The van der Waals surface area contributed by atoms with Gasteiger partial charge in [-0.15, -0.1) is 0 Å². The Kier molecular flexibility index (Phi) is 4.03.